The molecule has 1 saturated carbocycles. The Morgan fingerprint density at radius 1 is 1.25 bits per heavy atom. The van der Waals surface area contributed by atoms with Crippen molar-refractivity contribution in [2.45, 2.75) is 43.6 Å². The molecule has 6 nitrogen and oxygen atoms in total. The van der Waals surface area contributed by atoms with Gasteiger partial charge in [-0.25, -0.2) is 4.98 Å². The number of nitrogens with one attached hydrogen (secondary N) is 1. The number of hydrogen-bond donors (Lipinski definition) is 1. The Labute approximate surface area is 143 Å². The van der Waals surface area contributed by atoms with Gasteiger partial charge < -0.3 is 24.4 Å². The van der Waals surface area contributed by atoms with E-state index in [1.165, 1.54) is 31.5 Å². The highest BCUT2D eigenvalue weighted by Gasteiger charge is 2.52. The quantitative estimate of drug-likeness (QED) is 0.773. The predicted molar refractivity (Wildman–Crippen MR) is 90.9 cm³/mol. The lowest BCUT2D eigenvalue weighted by atomic mass is 9.68. The van der Waals surface area contributed by atoms with Crippen LogP contribution in [-0.2, 0) is 19.8 Å². The van der Waals surface area contributed by atoms with E-state index in [1.54, 1.807) is 14.2 Å². The smallest absolute Gasteiger partial charge is 0.200 e. The largest absolute Gasteiger partial charge is 0.369 e. The summed E-state index contributed by atoms with van der Waals surface area (Å²) < 4.78 is 17.0. The lowest BCUT2D eigenvalue weighted by Crippen LogP contribution is -2.55. The molecule has 1 saturated heterocycles. The first-order chi connectivity index (χ1) is 11.7. The van der Waals surface area contributed by atoms with Gasteiger partial charge >= 0.3 is 0 Å². The molecule has 2 fully saturated rings. The Bertz CT molecular complexity index is 579. The maximum atomic E-state index is 6.39. The lowest BCUT2D eigenvalue weighted by molar-refractivity contribution is -0.121. The molecule has 2 bridgehead atoms. The average Bonchev–Trinajstić information content (AvgIpc) is 3.08. The number of methoxy groups -OCH3 is 2. The molecular weight excluding hydrogens is 306 g/mol. The fourth-order valence-corrected chi connectivity index (χ4v) is 4.24. The van der Waals surface area contributed by atoms with E-state index in [4.69, 9.17) is 19.2 Å². The average molecular weight is 333 g/mol. The monoisotopic (exact) mass is 333 g/mol. The van der Waals surface area contributed by atoms with E-state index in [1.807, 2.05) is 6.07 Å². The number of pyridine rings is 1. The minimum absolute atomic E-state index is 0.147. The van der Waals surface area contributed by atoms with Crippen molar-refractivity contribution in [2.75, 3.05) is 45.8 Å². The summed E-state index contributed by atoms with van der Waals surface area (Å²) in [4.78, 5) is 7.21. The Morgan fingerprint density at radius 3 is 2.71 bits per heavy atom. The van der Waals surface area contributed by atoms with Crippen LogP contribution in [0.25, 0.3) is 0 Å². The highest BCUT2D eigenvalue weighted by molar-refractivity contribution is 5.56. The summed E-state index contributed by atoms with van der Waals surface area (Å²) in [5.74, 6) is 0.926. The van der Waals surface area contributed by atoms with Gasteiger partial charge in [-0.15, -0.1) is 0 Å². The van der Waals surface area contributed by atoms with Gasteiger partial charge in [0.05, 0.1) is 12.3 Å². The summed E-state index contributed by atoms with van der Waals surface area (Å²) in [5, 5.41) is 3.51. The number of anilines is 1. The van der Waals surface area contributed by atoms with Crippen molar-refractivity contribution < 1.29 is 14.2 Å². The second-order valence-electron chi connectivity index (χ2n) is 7.08. The second kappa shape index (κ2) is 6.59. The first kappa shape index (κ1) is 16.3. The van der Waals surface area contributed by atoms with Crippen molar-refractivity contribution >= 4 is 5.82 Å². The SMILES string of the molecule is COC(OC)c1ccc2c(n1)NC1CC2(OCCN2CCCC2)C1. The van der Waals surface area contributed by atoms with Crippen molar-refractivity contribution in [1.29, 1.82) is 0 Å². The van der Waals surface area contributed by atoms with Crippen molar-refractivity contribution in [1.82, 2.24) is 9.88 Å². The molecule has 4 aliphatic rings. The van der Waals surface area contributed by atoms with Crippen LogP contribution in [0.2, 0.25) is 0 Å². The molecule has 0 radical (unpaired) electrons. The van der Waals surface area contributed by atoms with Gasteiger partial charge in [0.2, 0.25) is 6.29 Å². The fraction of sp³-hybridized carbons (Fsp3) is 0.722. The van der Waals surface area contributed by atoms with E-state index < -0.39 is 6.29 Å². The summed E-state index contributed by atoms with van der Waals surface area (Å²) in [6.45, 7) is 4.28. The highest BCUT2D eigenvalue weighted by Crippen LogP contribution is 2.52. The first-order valence-electron chi connectivity index (χ1n) is 8.94. The van der Waals surface area contributed by atoms with Crippen LogP contribution in [0.3, 0.4) is 0 Å². The molecule has 1 aliphatic carbocycles. The normalized spacial score (nSPS) is 28.5. The van der Waals surface area contributed by atoms with E-state index in [-0.39, 0.29) is 5.60 Å². The summed E-state index contributed by atoms with van der Waals surface area (Å²) in [6.07, 6.45) is 4.31. The number of ether oxygens (including phenoxy) is 3. The fourth-order valence-electron chi connectivity index (χ4n) is 4.24. The molecule has 24 heavy (non-hydrogen) atoms. The van der Waals surface area contributed by atoms with Crippen LogP contribution in [0.1, 0.15) is 43.2 Å². The zero-order chi connectivity index (χ0) is 16.6. The maximum absolute atomic E-state index is 6.39. The second-order valence-corrected chi connectivity index (χ2v) is 7.08. The highest BCUT2D eigenvalue weighted by atomic mass is 16.7. The van der Waals surface area contributed by atoms with Gasteiger partial charge in [-0.3, -0.25) is 0 Å². The van der Waals surface area contributed by atoms with Crippen LogP contribution in [0.4, 0.5) is 5.82 Å². The van der Waals surface area contributed by atoms with Crippen molar-refractivity contribution in [3.8, 4) is 0 Å². The number of aromatic nitrogens is 1. The van der Waals surface area contributed by atoms with Crippen LogP contribution in [-0.4, -0.2) is 56.4 Å². The molecule has 0 atom stereocenters. The lowest BCUT2D eigenvalue weighted by Gasteiger charge is -2.53. The third-order valence-corrected chi connectivity index (χ3v) is 5.55. The van der Waals surface area contributed by atoms with E-state index in [9.17, 15) is 0 Å². The molecule has 0 amide bonds. The van der Waals surface area contributed by atoms with Crippen molar-refractivity contribution in [2.24, 2.45) is 0 Å². The molecule has 1 aromatic heterocycles. The van der Waals surface area contributed by atoms with Crippen LogP contribution in [0.15, 0.2) is 12.1 Å². The van der Waals surface area contributed by atoms with Crippen LogP contribution < -0.4 is 5.32 Å². The molecular formula is C18H27N3O3. The van der Waals surface area contributed by atoms with Crippen LogP contribution in [0.5, 0.6) is 0 Å². The van der Waals surface area contributed by atoms with Gasteiger partial charge in [0.25, 0.3) is 0 Å². The minimum Gasteiger partial charge on any atom is -0.369 e. The van der Waals surface area contributed by atoms with Gasteiger partial charge in [-0.2, -0.15) is 0 Å². The number of hydrogen-bond acceptors (Lipinski definition) is 6. The molecule has 0 spiro atoms. The number of likely N-dealkylation sites (tertiary alicyclic amines) is 1. The van der Waals surface area contributed by atoms with Gasteiger partial charge in [0.1, 0.15) is 11.4 Å². The number of nitrogens with zero attached hydrogens (tertiary/aromatic N) is 2. The minimum atomic E-state index is -0.428. The van der Waals surface area contributed by atoms with Crippen LogP contribution >= 0.6 is 0 Å². The molecule has 0 unspecified atom stereocenters. The molecule has 4 heterocycles. The molecule has 6 heteroatoms. The van der Waals surface area contributed by atoms with Gasteiger partial charge in [-0.1, -0.05) is 6.07 Å². The van der Waals surface area contributed by atoms with Crippen molar-refractivity contribution in [3.05, 3.63) is 23.4 Å². The standard InChI is InChI=1S/C18H27N3O3/c1-22-17(23-2)15-6-5-14-16(20-15)19-13-11-18(14,12-13)24-10-9-21-7-3-4-8-21/h5-6,13,17H,3-4,7-12H2,1-2H3,(H,19,20). The number of rotatable bonds is 7. The zero-order valence-corrected chi connectivity index (χ0v) is 14.6. The maximum Gasteiger partial charge on any atom is 0.200 e. The summed E-state index contributed by atoms with van der Waals surface area (Å²) >= 11 is 0. The molecule has 1 aromatic rings. The topological polar surface area (TPSA) is 55.9 Å². The predicted octanol–water partition coefficient (Wildman–Crippen LogP) is 2.27. The summed E-state index contributed by atoms with van der Waals surface area (Å²) in [7, 11) is 3.26. The van der Waals surface area contributed by atoms with E-state index in [2.05, 4.69) is 16.3 Å². The van der Waals surface area contributed by atoms with E-state index in [0.29, 0.717) is 6.04 Å². The Hall–Kier alpha value is -1.21. The molecule has 1 N–H and O–H groups in total. The molecule has 3 aliphatic heterocycles. The van der Waals surface area contributed by atoms with Gasteiger partial charge in [0.15, 0.2) is 0 Å². The van der Waals surface area contributed by atoms with Crippen molar-refractivity contribution in [3.63, 3.8) is 0 Å². The third-order valence-electron chi connectivity index (χ3n) is 5.55. The summed E-state index contributed by atoms with van der Waals surface area (Å²) in [6, 6.07) is 4.58. The Morgan fingerprint density at radius 2 is 2.00 bits per heavy atom. The van der Waals surface area contributed by atoms with Crippen LogP contribution in [0, 0.1) is 0 Å². The Balaban J connectivity index is 1.47. The first-order valence-corrected chi connectivity index (χ1v) is 8.94. The van der Waals surface area contributed by atoms with Gasteiger partial charge in [0, 0.05) is 45.2 Å². The third kappa shape index (κ3) is 2.81. The van der Waals surface area contributed by atoms with Gasteiger partial charge in [-0.05, 0) is 32.0 Å². The zero-order valence-electron chi connectivity index (χ0n) is 14.6. The Kier molecular flexibility index (Phi) is 4.47. The molecule has 0 aromatic carbocycles. The van der Waals surface area contributed by atoms with E-state index in [0.717, 1.165) is 37.5 Å². The van der Waals surface area contributed by atoms with E-state index >= 15 is 0 Å². The molecule has 132 valence electrons. The molecule has 5 rings (SSSR count). The summed E-state index contributed by atoms with van der Waals surface area (Å²) in [5.41, 5.74) is 1.83.